The molecule has 0 heterocycles. The van der Waals surface area contributed by atoms with Crippen LogP contribution in [0.25, 0.3) is 0 Å². The Hall–Kier alpha value is 1.85. The molecular weight excluding hydrogens is 387 g/mol. The predicted molar refractivity (Wildman–Crippen MR) is 60.9 cm³/mol. The number of hydrogen-bond donors (Lipinski definition) is 0. The topological polar surface area (TPSA) is 69.2 Å². The Bertz CT molecular complexity index is 51.6. The first-order valence-electron chi connectivity index (χ1n) is 3.09. The van der Waals surface area contributed by atoms with Gasteiger partial charge in [-0.25, -0.2) is 0 Å². The molecule has 0 aromatic carbocycles. The van der Waals surface area contributed by atoms with Gasteiger partial charge in [0.05, 0.1) is 0 Å². The van der Waals surface area contributed by atoms with E-state index in [0.717, 1.165) is 0 Å². The molecule has 0 fully saturated rings. The Morgan fingerprint density at radius 2 is 0.692 bits per heavy atom. The van der Waals surface area contributed by atoms with Crippen LogP contribution in [0.15, 0.2) is 0 Å². The monoisotopic (exact) mass is 396 g/mol. The molecule has 0 saturated carbocycles. The van der Waals surface area contributed by atoms with Crippen molar-refractivity contribution in [3.8, 4) is 0 Å². The molecule has 3 nitrogen and oxygen atoms in total. The van der Waals surface area contributed by atoms with Gasteiger partial charge in [0.1, 0.15) is 0 Å². The minimum absolute atomic E-state index is 0. The summed E-state index contributed by atoms with van der Waals surface area (Å²) in [6.07, 6.45) is 0. The van der Waals surface area contributed by atoms with E-state index in [9.17, 15) is 15.3 Å². The molecule has 3 atom stereocenters. The van der Waals surface area contributed by atoms with Crippen molar-refractivity contribution < 1.29 is 15.3 Å². The molecule has 0 aliphatic carbocycles. The third kappa shape index (κ3) is 567. The molecule has 0 aromatic rings. The SMILES string of the molecule is CC([O-])Br.CC([O-])Br.CC([O-])Br.[Al+3]. The normalized spacial score (nSPS) is 14.5. The van der Waals surface area contributed by atoms with Crippen molar-refractivity contribution in [1.29, 1.82) is 0 Å². The molecular formula is C6H12AlBr3O3. The number of hydrogen-bond acceptors (Lipinski definition) is 3. The maximum atomic E-state index is 9.44. The Balaban J connectivity index is -0.0000000450. The maximum absolute atomic E-state index is 9.44. The van der Waals surface area contributed by atoms with Gasteiger partial charge in [0, 0.05) is 0 Å². The van der Waals surface area contributed by atoms with E-state index in [1.807, 2.05) is 0 Å². The first-order chi connectivity index (χ1) is 5.20. The van der Waals surface area contributed by atoms with Crippen molar-refractivity contribution in [3.63, 3.8) is 0 Å². The Kier molecular flexibility index (Phi) is 36.2. The summed E-state index contributed by atoms with van der Waals surface area (Å²) in [4.78, 5) is 0. The average molecular weight is 399 g/mol. The molecule has 0 aromatic heterocycles. The van der Waals surface area contributed by atoms with E-state index in [4.69, 9.17) is 0 Å². The van der Waals surface area contributed by atoms with Gasteiger partial charge in [0.15, 0.2) is 0 Å². The average Bonchev–Trinajstić information content (AvgIpc) is 1.54. The van der Waals surface area contributed by atoms with Gasteiger partial charge in [0.2, 0.25) is 0 Å². The number of alkyl halides is 3. The van der Waals surface area contributed by atoms with Crippen molar-refractivity contribution >= 4 is 65.2 Å². The third-order valence-electron chi connectivity index (χ3n) is 0. The van der Waals surface area contributed by atoms with Gasteiger partial charge in [-0.15, -0.1) is 47.8 Å². The van der Waals surface area contributed by atoms with E-state index in [2.05, 4.69) is 47.8 Å². The van der Waals surface area contributed by atoms with Crippen LogP contribution in [0.2, 0.25) is 0 Å². The van der Waals surface area contributed by atoms with E-state index in [1.54, 1.807) is 0 Å². The molecule has 0 amide bonds. The second kappa shape index (κ2) is 19.4. The molecule has 0 rings (SSSR count). The molecule has 3 unspecified atom stereocenters. The minimum Gasteiger partial charge on any atom is -0.844 e. The quantitative estimate of drug-likeness (QED) is 0.422. The molecule has 0 spiro atoms. The summed E-state index contributed by atoms with van der Waals surface area (Å²) < 4.78 is 0. The van der Waals surface area contributed by atoms with Gasteiger partial charge < -0.3 is 15.3 Å². The molecule has 0 aliphatic rings. The predicted octanol–water partition coefficient (Wildman–Crippen LogP) is -0.118. The van der Waals surface area contributed by atoms with Crippen molar-refractivity contribution in [2.24, 2.45) is 0 Å². The summed E-state index contributed by atoms with van der Waals surface area (Å²) in [6.45, 7) is 4.58. The third-order valence-corrected chi connectivity index (χ3v) is 0. The molecule has 0 aliphatic heterocycles. The van der Waals surface area contributed by atoms with E-state index in [0.29, 0.717) is 0 Å². The first-order valence-corrected chi connectivity index (χ1v) is 5.84. The summed E-state index contributed by atoms with van der Waals surface area (Å²) in [5.41, 5.74) is 0. The van der Waals surface area contributed by atoms with E-state index >= 15 is 0 Å². The Morgan fingerprint density at radius 1 is 0.692 bits per heavy atom. The smallest absolute Gasteiger partial charge is 0.844 e. The fraction of sp³-hybridized carbons (Fsp3) is 1.00. The summed E-state index contributed by atoms with van der Waals surface area (Å²) in [5, 5.41) is 26.5. The molecule has 0 bridgehead atoms. The molecule has 7 heteroatoms. The molecule has 0 N–H and O–H groups in total. The first kappa shape index (κ1) is 24.2. The summed E-state index contributed by atoms with van der Waals surface area (Å²) >= 11 is 8.15. The summed E-state index contributed by atoms with van der Waals surface area (Å²) in [6, 6.07) is 0. The van der Waals surface area contributed by atoms with Crippen molar-refractivity contribution in [1.82, 2.24) is 0 Å². The van der Waals surface area contributed by atoms with E-state index in [1.165, 1.54) is 20.8 Å². The zero-order chi connectivity index (χ0) is 10.7. The van der Waals surface area contributed by atoms with Crippen LogP contribution in [0.3, 0.4) is 0 Å². The van der Waals surface area contributed by atoms with Crippen LogP contribution in [0, 0.1) is 0 Å². The largest absolute Gasteiger partial charge is 3.00 e. The van der Waals surface area contributed by atoms with E-state index in [-0.39, 0.29) is 17.4 Å². The number of rotatable bonds is 0. The molecule has 78 valence electrons. The van der Waals surface area contributed by atoms with Gasteiger partial charge in [-0.3, -0.25) is 0 Å². The van der Waals surface area contributed by atoms with Crippen molar-refractivity contribution in [2.75, 3.05) is 0 Å². The van der Waals surface area contributed by atoms with Crippen LogP contribution in [-0.4, -0.2) is 32.4 Å². The minimum atomic E-state index is -0.604. The fourth-order valence-electron chi connectivity index (χ4n) is 0. The van der Waals surface area contributed by atoms with Gasteiger partial charge in [-0.2, -0.15) is 0 Å². The van der Waals surface area contributed by atoms with Crippen LogP contribution >= 0.6 is 47.8 Å². The zero-order valence-corrected chi connectivity index (χ0v) is 13.6. The van der Waals surface area contributed by atoms with Gasteiger partial charge in [0.25, 0.3) is 0 Å². The van der Waals surface area contributed by atoms with Gasteiger partial charge in [-0.05, 0) is 0 Å². The standard InChI is InChI=1S/3C2H4BrO.Al/c3*1-2(3)4;/h3*2H,1H3;/q3*-1;+3. The Labute approximate surface area is 115 Å². The van der Waals surface area contributed by atoms with Crippen LogP contribution < -0.4 is 15.3 Å². The van der Waals surface area contributed by atoms with Crippen LogP contribution in [0.1, 0.15) is 20.8 Å². The number of halogens is 3. The van der Waals surface area contributed by atoms with Crippen LogP contribution in [0.5, 0.6) is 0 Å². The van der Waals surface area contributed by atoms with Crippen molar-refractivity contribution in [3.05, 3.63) is 0 Å². The zero-order valence-electron chi connectivity index (χ0n) is 7.67. The van der Waals surface area contributed by atoms with Gasteiger partial charge in [-0.1, -0.05) is 35.8 Å². The molecule has 13 heavy (non-hydrogen) atoms. The van der Waals surface area contributed by atoms with Crippen LogP contribution in [-0.2, 0) is 0 Å². The molecule has 0 radical (unpaired) electrons. The second-order valence-electron chi connectivity index (χ2n) is 1.63. The van der Waals surface area contributed by atoms with Crippen LogP contribution in [0.4, 0.5) is 0 Å². The van der Waals surface area contributed by atoms with E-state index < -0.39 is 15.0 Å². The molecule has 0 saturated heterocycles. The van der Waals surface area contributed by atoms with Gasteiger partial charge >= 0.3 is 17.4 Å². The maximum Gasteiger partial charge on any atom is 3.00 e. The summed E-state index contributed by atoms with van der Waals surface area (Å²) in [7, 11) is 0. The van der Waals surface area contributed by atoms with Crippen molar-refractivity contribution in [2.45, 2.75) is 35.8 Å². The second-order valence-corrected chi connectivity index (χ2v) is 5.50. The fourth-order valence-corrected chi connectivity index (χ4v) is 0. The summed E-state index contributed by atoms with van der Waals surface area (Å²) in [5.74, 6) is 0. The Morgan fingerprint density at radius 3 is 0.692 bits per heavy atom.